The zero-order valence-corrected chi connectivity index (χ0v) is 16.2. The first kappa shape index (κ1) is 18.4. The van der Waals surface area contributed by atoms with Crippen LogP contribution in [0.15, 0.2) is 24.3 Å². The summed E-state index contributed by atoms with van der Waals surface area (Å²) in [4.78, 5) is 23.8. The van der Waals surface area contributed by atoms with Gasteiger partial charge in [-0.05, 0) is 56.2 Å². The Kier molecular flexibility index (Phi) is 5.55. The van der Waals surface area contributed by atoms with Crippen LogP contribution in [0.4, 0.5) is 11.6 Å². The van der Waals surface area contributed by atoms with Gasteiger partial charge in [0.2, 0.25) is 5.95 Å². The molecule has 26 heavy (non-hydrogen) atoms. The lowest BCUT2D eigenvalue weighted by atomic mass is 9.99. The highest BCUT2D eigenvalue weighted by molar-refractivity contribution is 5.92. The van der Waals surface area contributed by atoms with E-state index in [2.05, 4.69) is 54.3 Å². The first-order chi connectivity index (χ1) is 12.5. The van der Waals surface area contributed by atoms with E-state index in [0.29, 0.717) is 17.6 Å². The fourth-order valence-electron chi connectivity index (χ4n) is 3.42. The van der Waals surface area contributed by atoms with Crippen molar-refractivity contribution in [2.75, 3.05) is 18.4 Å². The summed E-state index contributed by atoms with van der Waals surface area (Å²) in [5, 5.41) is 3.34. The second-order valence-electron chi connectivity index (χ2n) is 7.28. The molecule has 1 fully saturated rings. The van der Waals surface area contributed by atoms with Crippen molar-refractivity contribution < 1.29 is 4.79 Å². The van der Waals surface area contributed by atoms with Crippen LogP contribution < -0.4 is 5.32 Å². The summed E-state index contributed by atoms with van der Waals surface area (Å²) < 4.78 is 0. The number of carbonyl (C=O) groups is 1. The number of nitrogens with one attached hydrogen (secondary N) is 1. The van der Waals surface area contributed by atoms with Crippen molar-refractivity contribution in [3.05, 3.63) is 46.8 Å². The quantitative estimate of drug-likeness (QED) is 0.893. The van der Waals surface area contributed by atoms with Crippen LogP contribution in [0.1, 0.15) is 54.0 Å². The van der Waals surface area contributed by atoms with Gasteiger partial charge in [-0.2, -0.15) is 0 Å². The predicted molar refractivity (Wildman–Crippen MR) is 105 cm³/mol. The third-order valence-corrected chi connectivity index (χ3v) is 5.12. The third-order valence-electron chi connectivity index (χ3n) is 5.12. The van der Waals surface area contributed by atoms with Crippen molar-refractivity contribution >= 4 is 17.5 Å². The molecular weight excluding hydrogens is 324 g/mol. The van der Waals surface area contributed by atoms with Gasteiger partial charge < -0.3 is 10.2 Å². The first-order valence-corrected chi connectivity index (χ1v) is 9.48. The molecule has 2 aromatic rings. The SMILES string of the molecule is CCc1cccc(C)c1Nc1nc(C)cc(C(=O)N2CCC(C)CC2)n1. The third kappa shape index (κ3) is 4.03. The lowest BCUT2D eigenvalue weighted by molar-refractivity contribution is 0.0691. The summed E-state index contributed by atoms with van der Waals surface area (Å²) in [5.41, 5.74) is 4.66. The van der Waals surface area contributed by atoms with Crippen LogP contribution in [0, 0.1) is 19.8 Å². The largest absolute Gasteiger partial charge is 0.337 e. The van der Waals surface area contributed by atoms with Gasteiger partial charge in [0, 0.05) is 24.5 Å². The molecule has 1 N–H and O–H groups in total. The standard InChI is InChI=1S/C21H28N4O/c1-5-17-8-6-7-15(3)19(17)24-21-22-16(4)13-18(23-21)20(26)25-11-9-14(2)10-12-25/h6-8,13-14H,5,9-12H2,1-4H3,(H,22,23,24). The van der Waals surface area contributed by atoms with E-state index in [9.17, 15) is 4.79 Å². The average Bonchev–Trinajstić information content (AvgIpc) is 2.63. The van der Waals surface area contributed by atoms with Gasteiger partial charge >= 0.3 is 0 Å². The molecular formula is C21H28N4O. The van der Waals surface area contributed by atoms with E-state index in [1.165, 1.54) is 5.56 Å². The molecule has 1 amide bonds. The van der Waals surface area contributed by atoms with Crippen molar-refractivity contribution in [2.24, 2.45) is 5.92 Å². The van der Waals surface area contributed by atoms with E-state index in [0.717, 1.165) is 49.3 Å². The summed E-state index contributed by atoms with van der Waals surface area (Å²) in [6, 6.07) is 8.01. The number of carbonyl (C=O) groups excluding carboxylic acids is 1. The predicted octanol–water partition coefficient (Wildman–Crippen LogP) is 4.27. The number of nitrogens with zero attached hydrogens (tertiary/aromatic N) is 3. The molecule has 0 atom stereocenters. The fraction of sp³-hybridized carbons (Fsp3) is 0.476. The molecule has 0 radical (unpaired) electrons. The molecule has 1 aromatic heterocycles. The fourth-order valence-corrected chi connectivity index (χ4v) is 3.42. The van der Waals surface area contributed by atoms with Crippen molar-refractivity contribution in [2.45, 2.75) is 47.0 Å². The van der Waals surface area contributed by atoms with E-state index >= 15 is 0 Å². The van der Waals surface area contributed by atoms with Gasteiger partial charge in [-0.15, -0.1) is 0 Å². The van der Waals surface area contributed by atoms with Gasteiger partial charge in [0.1, 0.15) is 5.69 Å². The van der Waals surface area contributed by atoms with Gasteiger partial charge in [0.15, 0.2) is 0 Å². The van der Waals surface area contributed by atoms with Crippen molar-refractivity contribution in [1.29, 1.82) is 0 Å². The summed E-state index contributed by atoms with van der Waals surface area (Å²) >= 11 is 0. The second-order valence-corrected chi connectivity index (χ2v) is 7.28. The van der Waals surface area contributed by atoms with E-state index in [1.807, 2.05) is 11.8 Å². The lowest BCUT2D eigenvalue weighted by Crippen LogP contribution is -2.38. The minimum absolute atomic E-state index is 0.00551. The molecule has 0 saturated carbocycles. The van der Waals surface area contributed by atoms with Crippen LogP contribution in [0.2, 0.25) is 0 Å². The van der Waals surface area contributed by atoms with Crippen molar-refractivity contribution in [3.63, 3.8) is 0 Å². The molecule has 3 rings (SSSR count). The number of benzene rings is 1. The molecule has 138 valence electrons. The van der Waals surface area contributed by atoms with Gasteiger partial charge in [-0.25, -0.2) is 9.97 Å². The smallest absolute Gasteiger partial charge is 0.272 e. The highest BCUT2D eigenvalue weighted by atomic mass is 16.2. The molecule has 1 aliphatic heterocycles. The van der Waals surface area contributed by atoms with Gasteiger partial charge in [-0.1, -0.05) is 32.0 Å². The molecule has 1 aliphatic rings. The highest BCUT2D eigenvalue weighted by Crippen LogP contribution is 2.24. The normalized spacial score (nSPS) is 15.2. The molecule has 5 heteroatoms. The summed E-state index contributed by atoms with van der Waals surface area (Å²) in [6.07, 6.45) is 3.04. The van der Waals surface area contributed by atoms with E-state index in [-0.39, 0.29) is 5.91 Å². The molecule has 1 saturated heterocycles. The maximum Gasteiger partial charge on any atom is 0.272 e. The number of aryl methyl sites for hydroxylation is 3. The number of aromatic nitrogens is 2. The van der Waals surface area contributed by atoms with E-state index < -0.39 is 0 Å². The molecule has 0 aliphatic carbocycles. The number of amides is 1. The van der Waals surface area contributed by atoms with Crippen LogP contribution in [0.3, 0.4) is 0 Å². The highest BCUT2D eigenvalue weighted by Gasteiger charge is 2.23. The summed E-state index contributed by atoms with van der Waals surface area (Å²) in [7, 11) is 0. The molecule has 2 heterocycles. The van der Waals surface area contributed by atoms with Crippen LogP contribution in [0.5, 0.6) is 0 Å². The number of likely N-dealkylation sites (tertiary alicyclic amines) is 1. The zero-order valence-electron chi connectivity index (χ0n) is 16.2. The van der Waals surface area contributed by atoms with Crippen LogP contribution in [0.25, 0.3) is 0 Å². The maximum atomic E-state index is 12.9. The number of anilines is 2. The van der Waals surface area contributed by atoms with Gasteiger partial charge in [0.05, 0.1) is 0 Å². The number of hydrogen-bond acceptors (Lipinski definition) is 4. The molecule has 0 spiro atoms. The molecule has 1 aromatic carbocycles. The number of piperidine rings is 1. The first-order valence-electron chi connectivity index (χ1n) is 9.48. The summed E-state index contributed by atoms with van der Waals surface area (Å²) in [6.45, 7) is 9.96. The maximum absolute atomic E-state index is 12.9. The van der Waals surface area contributed by atoms with E-state index in [1.54, 1.807) is 6.07 Å². The van der Waals surface area contributed by atoms with Crippen molar-refractivity contribution in [1.82, 2.24) is 14.9 Å². The Hall–Kier alpha value is -2.43. The Morgan fingerprint density at radius 1 is 1.23 bits per heavy atom. The Labute approximate surface area is 155 Å². The molecule has 0 bridgehead atoms. The Bertz CT molecular complexity index is 795. The zero-order chi connectivity index (χ0) is 18.7. The van der Waals surface area contributed by atoms with Gasteiger partial charge in [-0.3, -0.25) is 4.79 Å². The van der Waals surface area contributed by atoms with Crippen LogP contribution >= 0.6 is 0 Å². The number of para-hydroxylation sites is 1. The second kappa shape index (κ2) is 7.85. The van der Waals surface area contributed by atoms with Gasteiger partial charge in [0.25, 0.3) is 5.91 Å². The molecule has 5 nitrogen and oxygen atoms in total. The monoisotopic (exact) mass is 352 g/mol. The minimum atomic E-state index is 0.00551. The number of rotatable bonds is 4. The Morgan fingerprint density at radius 3 is 2.65 bits per heavy atom. The Balaban J connectivity index is 1.85. The number of hydrogen-bond donors (Lipinski definition) is 1. The lowest BCUT2D eigenvalue weighted by Gasteiger charge is -2.30. The molecule has 0 unspecified atom stereocenters. The average molecular weight is 352 g/mol. The van der Waals surface area contributed by atoms with Crippen LogP contribution in [-0.2, 0) is 6.42 Å². The van der Waals surface area contributed by atoms with Crippen molar-refractivity contribution in [3.8, 4) is 0 Å². The summed E-state index contributed by atoms with van der Waals surface area (Å²) in [5.74, 6) is 1.19. The topological polar surface area (TPSA) is 58.1 Å². The Morgan fingerprint density at radius 2 is 1.96 bits per heavy atom. The van der Waals surface area contributed by atoms with Crippen LogP contribution in [-0.4, -0.2) is 33.9 Å². The van der Waals surface area contributed by atoms with E-state index in [4.69, 9.17) is 0 Å². The minimum Gasteiger partial charge on any atom is -0.337 e.